The van der Waals surface area contributed by atoms with Crippen molar-refractivity contribution in [3.63, 3.8) is 0 Å². The number of piperidine rings is 3. The van der Waals surface area contributed by atoms with Gasteiger partial charge in [-0.25, -0.2) is 43.1 Å². The van der Waals surface area contributed by atoms with Gasteiger partial charge >= 0.3 is 0 Å². The zero-order valence-electron chi connectivity index (χ0n) is 40.1. The minimum absolute atomic E-state index is 0.0922. The Kier molecular flexibility index (Phi) is 17.3. The topological polar surface area (TPSA) is 148 Å². The first-order valence-electron chi connectivity index (χ1n) is 24.2. The molecule has 3 aliphatic heterocycles. The maximum Gasteiger partial charge on any atom is 0.225 e. The van der Waals surface area contributed by atoms with Crippen LogP contribution in [-0.2, 0) is 16.2 Å². The van der Waals surface area contributed by atoms with E-state index in [9.17, 15) is 28.5 Å². The molecule has 3 aromatic heterocycles. The molecule has 6 aromatic rings. The van der Waals surface area contributed by atoms with Crippen LogP contribution in [0.5, 0.6) is 0 Å². The Labute approximate surface area is 404 Å². The number of rotatable bonds is 12. The second-order valence-corrected chi connectivity index (χ2v) is 18.9. The Balaban J connectivity index is 0.000000153. The Hall–Kier alpha value is -6.03. The number of hydrogen-bond acceptors (Lipinski definition) is 12. The second kappa shape index (κ2) is 23.5. The van der Waals surface area contributed by atoms with Gasteiger partial charge in [-0.15, -0.1) is 0 Å². The van der Waals surface area contributed by atoms with Gasteiger partial charge in [0.2, 0.25) is 17.8 Å². The molecule has 3 aromatic carbocycles. The summed E-state index contributed by atoms with van der Waals surface area (Å²) in [6.45, 7) is 11.4. The standard InChI is InChI=1S/3C18H22FN3O/c3*1-18(13-23,14-5-7-16(19)8-6-14)15-11-20-17(21-12-15)22-9-3-2-4-10-22/h3*5-8,11-12,23H,2-4,9-10,13H2,1H3/t2*18-;/m10./s1. The highest BCUT2D eigenvalue weighted by molar-refractivity contribution is 5.42. The number of halogens is 3. The molecule has 0 aliphatic carbocycles. The van der Waals surface area contributed by atoms with Crippen molar-refractivity contribution in [2.75, 3.05) is 73.8 Å². The van der Waals surface area contributed by atoms with Crippen molar-refractivity contribution < 1.29 is 28.5 Å². The van der Waals surface area contributed by atoms with Crippen LogP contribution in [0.3, 0.4) is 0 Å². The van der Waals surface area contributed by atoms with E-state index >= 15 is 0 Å². The molecule has 6 heterocycles. The lowest BCUT2D eigenvalue weighted by Crippen LogP contribution is -2.32. The van der Waals surface area contributed by atoms with Gasteiger partial charge in [-0.1, -0.05) is 36.4 Å². The van der Waals surface area contributed by atoms with Gasteiger partial charge in [0, 0.05) is 109 Å². The average Bonchev–Trinajstić information content (AvgIpc) is 3.42. The van der Waals surface area contributed by atoms with Crippen LogP contribution >= 0.6 is 0 Å². The number of aromatic nitrogens is 6. The van der Waals surface area contributed by atoms with E-state index in [4.69, 9.17) is 0 Å². The third kappa shape index (κ3) is 12.2. The molecule has 3 atom stereocenters. The predicted molar refractivity (Wildman–Crippen MR) is 264 cm³/mol. The summed E-state index contributed by atoms with van der Waals surface area (Å²) >= 11 is 0. The van der Waals surface area contributed by atoms with Crippen molar-refractivity contribution in [3.8, 4) is 0 Å². The minimum atomic E-state index is -0.645. The highest BCUT2D eigenvalue weighted by atomic mass is 19.1. The van der Waals surface area contributed by atoms with E-state index in [2.05, 4.69) is 44.6 Å². The van der Waals surface area contributed by atoms with Crippen molar-refractivity contribution in [2.24, 2.45) is 0 Å². The average molecular weight is 946 g/mol. The van der Waals surface area contributed by atoms with Crippen LogP contribution in [0.25, 0.3) is 0 Å². The van der Waals surface area contributed by atoms with Gasteiger partial charge in [-0.2, -0.15) is 0 Å². The van der Waals surface area contributed by atoms with Crippen LogP contribution in [0.1, 0.15) is 112 Å². The highest BCUT2D eigenvalue weighted by Crippen LogP contribution is 2.34. The van der Waals surface area contributed by atoms with Crippen LogP contribution in [-0.4, -0.2) is 104 Å². The summed E-state index contributed by atoms with van der Waals surface area (Å²) in [7, 11) is 0. The molecular formula is C54H66F3N9O3. The van der Waals surface area contributed by atoms with Crippen LogP contribution in [0.2, 0.25) is 0 Å². The molecule has 1 unspecified atom stereocenters. The fraction of sp³-hybridized carbons (Fsp3) is 0.444. The smallest absolute Gasteiger partial charge is 0.225 e. The molecule has 0 amide bonds. The lowest BCUT2D eigenvalue weighted by molar-refractivity contribution is 0.230. The molecule has 69 heavy (non-hydrogen) atoms. The van der Waals surface area contributed by atoms with Crippen molar-refractivity contribution in [1.29, 1.82) is 0 Å². The Bertz CT molecular complexity index is 2190. The van der Waals surface area contributed by atoms with Crippen molar-refractivity contribution in [3.05, 3.63) is 161 Å². The molecule has 9 rings (SSSR count). The molecule has 3 fully saturated rings. The lowest BCUT2D eigenvalue weighted by atomic mass is 9.78. The molecule has 0 bridgehead atoms. The molecule has 0 spiro atoms. The van der Waals surface area contributed by atoms with E-state index in [1.807, 2.05) is 20.8 Å². The molecule has 0 saturated carbocycles. The molecule has 3 aliphatic rings. The normalized spacial score (nSPS) is 17.8. The summed E-state index contributed by atoms with van der Waals surface area (Å²) < 4.78 is 39.4. The molecular weight excluding hydrogens is 880 g/mol. The van der Waals surface area contributed by atoms with E-state index in [-0.39, 0.29) is 37.3 Å². The SMILES string of the molecule is CC(CO)(c1ccc(F)cc1)c1cnc(N2CCCCC2)nc1.C[C@@](CO)(c1ccc(F)cc1)c1cnc(N2CCCCC2)nc1.C[C@](CO)(c1ccc(F)cc1)c1cnc(N2CCCCC2)nc1. The van der Waals surface area contributed by atoms with E-state index < -0.39 is 16.2 Å². The third-order valence-electron chi connectivity index (χ3n) is 14.1. The van der Waals surface area contributed by atoms with Crippen molar-refractivity contribution >= 4 is 17.8 Å². The van der Waals surface area contributed by atoms with Gasteiger partial charge in [0.1, 0.15) is 17.5 Å². The molecule has 15 heteroatoms. The summed E-state index contributed by atoms with van der Waals surface area (Å²) in [5.41, 5.74) is 3.07. The zero-order chi connectivity index (χ0) is 48.9. The van der Waals surface area contributed by atoms with Crippen LogP contribution in [0.4, 0.5) is 31.0 Å². The lowest BCUT2D eigenvalue weighted by Gasteiger charge is -2.30. The Morgan fingerprint density at radius 3 is 0.739 bits per heavy atom. The van der Waals surface area contributed by atoms with Gasteiger partial charge in [0.25, 0.3) is 0 Å². The Morgan fingerprint density at radius 2 is 0.551 bits per heavy atom. The van der Waals surface area contributed by atoms with E-state index in [1.165, 1.54) is 94.2 Å². The second-order valence-electron chi connectivity index (χ2n) is 18.9. The van der Waals surface area contributed by atoms with Gasteiger partial charge in [0.15, 0.2) is 0 Å². The largest absolute Gasteiger partial charge is 0.395 e. The molecule has 366 valence electrons. The van der Waals surface area contributed by atoms with Gasteiger partial charge < -0.3 is 30.0 Å². The third-order valence-corrected chi connectivity index (χ3v) is 14.1. The quantitative estimate of drug-likeness (QED) is 0.108. The monoisotopic (exact) mass is 946 g/mol. The fourth-order valence-electron chi connectivity index (χ4n) is 9.09. The highest BCUT2D eigenvalue weighted by Gasteiger charge is 2.32. The number of nitrogens with zero attached hydrogens (tertiary/aromatic N) is 9. The van der Waals surface area contributed by atoms with E-state index in [1.54, 1.807) is 73.6 Å². The first-order valence-corrected chi connectivity index (χ1v) is 24.2. The van der Waals surface area contributed by atoms with Gasteiger partial charge in [0.05, 0.1) is 19.8 Å². The number of hydrogen-bond donors (Lipinski definition) is 3. The Morgan fingerprint density at radius 1 is 0.348 bits per heavy atom. The van der Waals surface area contributed by atoms with Gasteiger partial charge in [-0.05, 0) is 132 Å². The van der Waals surface area contributed by atoms with E-state index in [0.717, 1.165) is 90.5 Å². The van der Waals surface area contributed by atoms with Crippen LogP contribution in [0.15, 0.2) is 110 Å². The maximum atomic E-state index is 13.1. The fourth-order valence-corrected chi connectivity index (χ4v) is 9.09. The number of aliphatic hydroxyl groups is 3. The number of benzene rings is 3. The molecule has 3 saturated heterocycles. The summed E-state index contributed by atoms with van der Waals surface area (Å²) in [6, 6.07) is 18.6. The van der Waals surface area contributed by atoms with Gasteiger partial charge in [-0.3, -0.25) is 0 Å². The van der Waals surface area contributed by atoms with Crippen LogP contribution < -0.4 is 14.7 Å². The van der Waals surface area contributed by atoms with Crippen molar-refractivity contribution in [1.82, 2.24) is 29.9 Å². The zero-order valence-corrected chi connectivity index (χ0v) is 40.1. The molecule has 0 radical (unpaired) electrons. The first kappa shape index (κ1) is 50.8. The van der Waals surface area contributed by atoms with E-state index in [0.29, 0.717) is 0 Å². The predicted octanol–water partition coefficient (Wildman–Crippen LogP) is 8.71. The molecule has 3 N–H and O–H groups in total. The number of anilines is 3. The summed E-state index contributed by atoms with van der Waals surface area (Å²) in [5.74, 6) is 1.37. The minimum Gasteiger partial charge on any atom is -0.395 e. The number of aliphatic hydroxyl groups excluding tert-OH is 3. The van der Waals surface area contributed by atoms with Crippen LogP contribution in [0, 0.1) is 17.5 Å². The summed E-state index contributed by atoms with van der Waals surface area (Å²) in [6.07, 6.45) is 21.5. The first-order chi connectivity index (χ1) is 33.4. The summed E-state index contributed by atoms with van der Waals surface area (Å²) in [5, 5.41) is 29.8. The van der Waals surface area contributed by atoms with Crippen molar-refractivity contribution in [2.45, 2.75) is 94.8 Å². The maximum absolute atomic E-state index is 13.1. The molecule has 12 nitrogen and oxygen atoms in total. The summed E-state index contributed by atoms with van der Waals surface area (Å²) in [4.78, 5) is 33.5.